The van der Waals surface area contributed by atoms with E-state index in [0.717, 1.165) is 0 Å². The Labute approximate surface area is 111 Å². The number of hydrazine groups is 1. The van der Waals surface area contributed by atoms with E-state index in [1.54, 1.807) is 0 Å². The summed E-state index contributed by atoms with van der Waals surface area (Å²) in [5.74, 6) is 4.18. The number of hydrogen-bond acceptors (Lipinski definition) is 5. The lowest BCUT2D eigenvalue weighted by Crippen LogP contribution is -2.36. The maximum Gasteiger partial charge on any atom is 0.253 e. The smallest absolute Gasteiger partial charge is 0.253 e. The molecule has 1 atom stereocenters. The molecular weight excluding hydrogens is 253 g/mol. The number of methoxy groups -OCH3 is 2. The van der Waals surface area contributed by atoms with Crippen molar-refractivity contribution in [2.24, 2.45) is 5.84 Å². The number of para-hydroxylation sites is 1. The number of nitrogen functional groups attached to an aromatic ring is 1. The average Bonchev–Trinajstić information content (AvgIpc) is 2.42. The van der Waals surface area contributed by atoms with Crippen molar-refractivity contribution in [3.63, 3.8) is 0 Å². The number of rotatable bonds is 7. The van der Waals surface area contributed by atoms with Crippen molar-refractivity contribution >= 4 is 11.6 Å². The summed E-state index contributed by atoms with van der Waals surface area (Å²) in [4.78, 5) is 11.9. The van der Waals surface area contributed by atoms with Crippen molar-refractivity contribution in [3.8, 4) is 0 Å². The second-order valence-electron chi connectivity index (χ2n) is 3.83. The molecule has 0 aliphatic carbocycles. The first-order valence-corrected chi connectivity index (χ1v) is 5.69. The largest absolute Gasteiger partial charge is 0.382 e. The molecule has 0 bridgehead atoms. The molecule has 1 rings (SSSR count). The molecule has 0 fully saturated rings. The minimum absolute atomic E-state index is 0.0410. The Balaban J connectivity index is 2.70. The zero-order valence-electron chi connectivity index (χ0n) is 10.9. The zero-order chi connectivity index (χ0) is 14.3. The summed E-state index contributed by atoms with van der Waals surface area (Å²) in [6.07, 6.45) is -0.267. The highest BCUT2D eigenvalue weighted by atomic mass is 19.1. The monoisotopic (exact) mass is 271 g/mol. The fourth-order valence-corrected chi connectivity index (χ4v) is 1.56. The molecule has 0 spiro atoms. The van der Waals surface area contributed by atoms with Gasteiger partial charge >= 0.3 is 0 Å². The minimum atomic E-state index is -0.588. The lowest BCUT2D eigenvalue weighted by molar-refractivity contribution is 0.0285. The van der Waals surface area contributed by atoms with Crippen LogP contribution in [0.1, 0.15) is 10.4 Å². The number of amides is 1. The Morgan fingerprint density at radius 2 is 2.21 bits per heavy atom. The number of nitrogens with two attached hydrogens (primary N) is 1. The van der Waals surface area contributed by atoms with E-state index in [1.165, 1.54) is 32.4 Å². The van der Waals surface area contributed by atoms with Gasteiger partial charge in [-0.3, -0.25) is 10.6 Å². The Morgan fingerprint density at radius 1 is 1.47 bits per heavy atom. The molecule has 106 valence electrons. The van der Waals surface area contributed by atoms with E-state index < -0.39 is 11.7 Å². The van der Waals surface area contributed by atoms with Gasteiger partial charge in [-0.1, -0.05) is 6.07 Å². The molecule has 1 amide bonds. The van der Waals surface area contributed by atoms with Crippen molar-refractivity contribution in [3.05, 3.63) is 29.6 Å². The summed E-state index contributed by atoms with van der Waals surface area (Å²) >= 11 is 0. The van der Waals surface area contributed by atoms with Crippen molar-refractivity contribution in [2.45, 2.75) is 6.10 Å². The number of carbonyl (C=O) groups excluding carboxylic acids is 1. The highest BCUT2D eigenvalue weighted by molar-refractivity contribution is 5.99. The summed E-state index contributed by atoms with van der Waals surface area (Å²) in [5, 5.41) is 2.63. The third-order valence-corrected chi connectivity index (χ3v) is 2.58. The standard InChI is InChI=1S/C12H18FN3O3/c1-18-7-8(19-2)6-15-12(17)9-4-3-5-10(13)11(9)16-14/h3-5,8,16H,6-7,14H2,1-2H3,(H,15,17). The number of benzene rings is 1. The first kappa shape index (κ1) is 15.4. The van der Waals surface area contributed by atoms with Gasteiger partial charge in [-0.05, 0) is 12.1 Å². The van der Waals surface area contributed by atoms with Crippen LogP contribution in [0.5, 0.6) is 0 Å². The SMILES string of the molecule is COCC(CNC(=O)c1cccc(F)c1NN)OC. The van der Waals surface area contributed by atoms with Crippen molar-refractivity contribution in [1.29, 1.82) is 0 Å². The van der Waals surface area contributed by atoms with Crippen LogP contribution in [0, 0.1) is 5.82 Å². The molecule has 19 heavy (non-hydrogen) atoms. The predicted molar refractivity (Wildman–Crippen MR) is 69.2 cm³/mol. The Hall–Kier alpha value is -1.70. The van der Waals surface area contributed by atoms with Crippen LogP contribution < -0.4 is 16.6 Å². The molecule has 1 aromatic rings. The quantitative estimate of drug-likeness (QED) is 0.497. The summed E-state index contributed by atoms with van der Waals surface area (Å²) in [6.45, 7) is 0.603. The molecule has 0 saturated carbocycles. The van der Waals surface area contributed by atoms with Crippen molar-refractivity contribution in [1.82, 2.24) is 5.32 Å². The highest BCUT2D eigenvalue weighted by Gasteiger charge is 2.15. The Morgan fingerprint density at radius 3 is 2.79 bits per heavy atom. The van der Waals surface area contributed by atoms with Crippen LogP contribution in [-0.2, 0) is 9.47 Å². The van der Waals surface area contributed by atoms with Crippen LogP contribution in [0.25, 0.3) is 0 Å². The average molecular weight is 271 g/mol. The van der Waals surface area contributed by atoms with Gasteiger partial charge < -0.3 is 20.2 Å². The van der Waals surface area contributed by atoms with Gasteiger partial charge in [0, 0.05) is 20.8 Å². The van der Waals surface area contributed by atoms with Crippen LogP contribution in [-0.4, -0.2) is 39.4 Å². The third kappa shape index (κ3) is 4.16. The van der Waals surface area contributed by atoms with E-state index in [1.807, 2.05) is 0 Å². The van der Waals surface area contributed by atoms with Crippen LogP contribution in [0.3, 0.4) is 0 Å². The maximum atomic E-state index is 13.4. The Bertz CT molecular complexity index is 429. The van der Waals surface area contributed by atoms with E-state index in [2.05, 4.69) is 10.7 Å². The molecular formula is C12H18FN3O3. The number of ether oxygens (including phenoxy) is 2. The maximum absolute atomic E-state index is 13.4. The van der Waals surface area contributed by atoms with Crippen molar-refractivity contribution in [2.75, 3.05) is 32.8 Å². The number of anilines is 1. The van der Waals surface area contributed by atoms with Gasteiger partial charge in [-0.25, -0.2) is 4.39 Å². The second-order valence-corrected chi connectivity index (χ2v) is 3.83. The third-order valence-electron chi connectivity index (χ3n) is 2.58. The van der Waals surface area contributed by atoms with Gasteiger partial charge in [-0.2, -0.15) is 0 Å². The fraction of sp³-hybridized carbons (Fsp3) is 0.417. The molecule has 0 radical (unpaired) electrons. The molecule has 0 saturated heterocycles. The van der Waals surface area contributed by atoms with E-state index in [4.69, 9.17) is 15.3 Å². The minimum Gasteiger partial charge on any atom is -0.382 e. The summed E-state index contributed by atoms with van der Waals surface area (Å²) in [6, 6.07) is 4.13. The summed E-state index contributed by atoms with van der Waals surface area (Å²) in [5.41, 5.74) is 2.27. The summed E-state index contributed by atoms with van der Waals surface area (Å²) < 4.78 is 23.5. The first-order chi connectivity index (χ1) is 9.13. The number of halogens is 1. The van der Waals surface area contributed by atoms with E-state index >= 15 is 0 Å². The van der Waals surface area contributed by atoms with E-state index in [-0.39, 0.29) is 23.9 Å². The number of carbonyl (C=O) groups is 1. The first-order valence-electron chi connectivity index (χ1n) is 5.69. The zero-order valence-corrected chi connectivity index (χ0v) is 10.9. The summed E-state index contributed by atoms with van der Waals surface area (Å²) in [7, 11) is 3.06. The van der Waals surface area contributed by atoms with Gasteiger partial charge in [0.1, 0.15) is 5.82 Å². The van der Waals surface area contributed by atoms with Gasteiger partial charge in [0.15, 0.2) is 0 Å². The van der Waals surface area contributed by atoms with Gasteiger partial charge in [0.25, 0.3) is 5.91 Å². The molecule has 4 N–H and O–H groups in total. The van der Waals surface area contributed by atoms with Crippen molar-refractivity contribution < 1.29 is 18.7 Å². The van der Waals surface area contributed by atoms with E-state index in [0.29, 0.717) is 6.61 Å². The van der Waals surface area contributed by atoms with Gasteiger partial charge in [0.2, 0.25) is 0 Å². The molecule has 0 aliphatic rings. The van der Waals surface area contributed by atoms with Crippen LogP contribution in [0.15, 0.2) is 18.2 Å². The van der Waals surface area contributed by atoms with E-state index in [9.17, 15) is 9.18 Å². The molecule has 0 heterocycles. The Kier molecular flexibility index (Phi) is 6.20. The normalized spacial score (nSPS) is 12.0. The predicted octanol–water partition coefficient (Wildman–Crippen LogP) is 0.503. The molecule has 7 heteroatoms. The van der Waals surface area contributed by atoms with Crippen LogP contribution in [0.4, 0.5) is 10.1 Å². The topological polar surface area (TPSA) is 85.6 Å². The fourth-order valence-electron chi connectivity index (χ4n) is 1.56. The molecule has 1 aromatic carbocycles. The number of nitrogens with one attached hydrogen (secondary N) is 2. The van der Waals surface area contributed by atoms with Crippen LogP contribution in [0.2, 0.25) is 0 Å². The molecule has 0 aromatic heterocycles. The molecule has 6 nitrogen and oxygen atoms in total. The second kappa shape index (κ2) is 7.67. The van der Waals surface area contributed by atoms with Gasteiger partial charge in [0.05, 0.1) is 24.0 Å². The van der Waals surface area contributed by atoms with Gasteiger partial charge in [-0.15, -0.1) is 0 Å². The highest BCUT2D eigenvalue weighted by Crippen LogP contribution is 2.18. The number of hydrogen-bond donors (Lipinski definition) is 3. The lowest BCUT2D eigenvalue weighted by atomic mass is 10.1. The van der Waals surface area contributed by atoms with Crippen LogP contribution >= 0.6 is 0 Å². The molecule has 0 aliphatic heterocycles. The molecule has 1 unspecified atom stereocenters. The lowest BCUT2D eigenvalue weighted by Gasteiger charge is -2.16.